The summed E-state index contributed by atoms with van der Waals surface area (Å²) in [5.74, 6) is -0.503. The molecule has 0 aliphatic carbocycles. The largest absolute Gasteiger partial charge is 0.438 e. The van der Waals surface area contributed by atoms with Crippen molar-refractivity contribution < 1.29 is 22.4 Å². The summed E-state index contributed by atoms with van der Waals surface area (Å²) in [5, 5.41) is 7.44. The minimum Gasteiger partial charge on any atom is -0.438 e. The number of primary sulfonamides is 1. The third-order valence-electron chi connectivity index (χ3n) is 3.59. The van der Waals surface area contributed by atoms with Gasteiger partial charge in [0.1, 0.15) is 0 Å². The van der Waals surface area contributed by atoms with Gasteiger partial charge in [0.25, 0.3) is 15.9 Å². The van der Waals surface area contributed by atoms with Crippen LogP contribution < -0.4 is 10.5 Å². The molecular formula is C12H18N2O5S. The van der Waals surface area contributed by atoms with Crippen LogP contribution in [-0.4, -0.2) is 33.1 Å². The summed E-state index contributed by atoms with van der Waals surface area (Å²) < 4.78 is 32.5. The number of ether oxygens (including phenoxy) is 1. The molecule has 0 atom stereocenters. The number of furan rings is 1. The highest BCUT2D eigenvalue weighted by Gasteiger charge is 2.33. The lowest BCUT2D eigenvalue weighted by Gasteiger charge is -2.36. The third-order valence-corrected chi connectivity index (χ3v) is 4.37. The SMILES string of the molecule is CCC1(NC(=O)c2ccc(S(N)(=O)=O)o2)CCOCC1. The molecule has 7 nitrogen and oxygen atoms in total. The molecule has 0 unspecified atom stereocenters. The molecule has 1 aromatic rings. The van der Waals surface area contributed by atoms with Crippen LogP contribution in [0.4, 0.5) is 0 Å². The monoisotopic (exact) mass is 302 g/mol. The summed E-state index contributed by atoms with van der Waals surface area (Å²) in [6.45, 7) is 3.17. The van der Waals surface area contributed by atoms with Crippen LogP contribution in [0.25, 0.3) is 0 Å². The van der Waals surface area contributed by atoms with Crippen LogP contribution in [0.15, 0.2) is 21.6 Å². The smallest absolute Gasteiger partial charge is 0.287 e. The zero-order chi connectivity index (χ0) is 14.8. The van der Waals surface area contributed by atoms with Crippen molar-refractivity contribution in [3.63, 3.8) is 0 Å². The van der Waals surface area contributed by atoms with Crippen molar-refractivity contribution in [2.24, 2.45) is 5.14 Å². The van der Waals surface area contributed by atoms with E-state index in [1.54, 1.807) is 0 Å². The number of nitrogens with one attached hydrogen (secondary N) is 1. The normalized spacial score (nSPS) is 18.7. The minimum absolute atomic E-state index is 0.0617. The van der Waals surface area contributed by atoms with Gasteiger partial charge in [-0.15, -0.1) is 0 Å². The number of carbonyl (C=O) groups is 1. The fourth-order valence-electron chi connectivity index (χ4n) is 2.23. The van der Waals surface area contributed by atoms with E-state index in [1.165, 1.54) is 12.1 Å². The summed E-state index contributed by atoms with van der Waals surface area (Å²) in [5.41, 5.74) is -0.329. The molecule has 1 aliphatic rings. The average molecular weight is 302 g/mol. The Morgan fingerprint density at radius 1 is 1.40 bits per heavy atom. The molecule has 0 saturated carbocycles. The first-order valence-corrected chi connectivity index (χ1v) is 7.94. The number of amides is 1. The van der Waals surface area contributed by atoms with Gasteiger partial charge in [-0.25, -0.2) is 13.6 Å². The van der Waals surface area contributed by atoms with E-state index in [9.17, 15) is 13.2 Å². The van der Waals surface area contributed by atoms with Crippen LogP contribution in [0.2, 0.25) is 0 Å². The van der Waals surface area contributed by atoms with Crippen LogP contribution in [0, 0.1) is 0 Å². The third kappa shape index (κ3) is 3.20. The highest BCUT2D eigenvalue weighted by Crippen LogP contribution is 2.25. The van der Waals surface area contributed by atoms with Gasteiger partial charge >= 0.3 is 0 Å². The van der Waals surface area contributed by atoms with Crippen molar-refractivity contribution in [2.75, 3.05) is 13.2 Å². The molecule has 8 heteroatoms. The molecule has 112 valence electrons. The lowest BCUT2D eigenvalue weighted by molar-refractivity contribution is 0.0336. The van der Waals surface area contributed by atoms with Crippen LogP contribution in [0.1, 0.15) is 36.7 Å². The molecule has 1 aliphatic heterocycles. The van der Waals surface area contributed by atoms with Gasteiger partial charge < -0.3 is 14.5 Å². The first-order valence-electron chi connectivity index (χ1n) is 6.39. The van der Waals surface area contributed by atoms with Gasteiger partial charge in [0.2, 0.25) is 5.09 Å². The molecule has 0 spiro atoms. The molecule has 2 rings (SSSR count). The Morgan fingerprint density at radius 3 is 2.55 bits per heavy atom. The molecule has 20 heavy (non-hydrogen) atoms. The maximum atomic E-state index is 12.1. The van der Waals surface area contributed by atoms with E-state index >= 15 is 0 Å². The van der Waals surface area contributed by atoms with Crippen molar-refractivity contribution in [1.82, 2.24) is 5.32 Å². The number of sulfonamides is 1. The zero-order valence-corrected chi connectivity index (χ0v) is 12.0. The van der Waals surface area contributed by atoms with Gasteiger partial charge in [0.05, 0.1) is 0 Å². The summed E-state index contributed by atoms with van der Waals surface area (Å²) in [6, 6.07) is 2.48. The Hall–Kier alpha value is -1.38. The predicted octanol–water partition coefficient (Wildman–Crippen LogP) is 0.616. The molecule has 1 saturated heterocycles. The summed E-state index contributed by atoms with van der Waals surface area (Å²) in [4.78, 5) is 12.1. The number of hydrogen-bond acceptors (Lipinski definition) is 5. The van der Waals surface area contributed by atoms with Crippen molar-refractivity contribution in [1.29, 1.82) is 0 Å². The summed E-state index contributed by atoms with van der Waals surface area (Å²) >= 11 is 0. The number of hydrogen-bond donors (Lipinski definition) is 2. The second-order valence-electron chi connectivity index (χ2n) is 4.86. The van der Waals surface area contributed by atoms with E-state index < -0.39 is 21.0 Å². The van der Waals surface area contributed by atoms with Crippen molar-refractivity contribution >= 4 is 15.9 Å². The Bertz CT molecular complexity index is 587. The van der Waals surface area contributed by atoms with Gasteiger partial charge in [0.15, 0.2) is 5.76 Å². The van der Waals surface area contributed by atoms with Crippen LogP contribution in [0.5, 0.6) is 0 Å². The molecular weight excluding hydrogens is 284 g/mol. The lowest BCUT2D eigenvalue weighted by atomic mass is 9.87. The highest BCUT2D eigenvalue weighted by molar-refractivity contribution is 7.89. The fraction of sp³-hybridized carbons (Fsp3) is 0.583. The minimum atomic E-state index is -3.94. The fourth-order valence-corrected chi connectivity index (χ4v) is 2.69. The second kappa shape index (κ2) is 5.55. The molecule has 3 N–H and O–H groups in total. The summed E-state index contributed by atoms with van der Waals surface area (Å²) in [7, 11) is -3.94. The first kappa shape index (κ1) is 15.0. The Morgan fingerprint density at radius 2 is 2.05 bits per heavy atom. The lowest BCUT2D eigenvalue weighted by Crippen LogP contribution is -2.51. The van der Waals surface area contributed by atoms with Gasteiger partial charge in [-0.1, -0.05) is 6.92 Å². The molecule has 0 bridgehead atoms. The van der Waals surface area contributed by atoms with Crippen LogP contribution in [0.3, 0.4) is 0 Å². The van der Waals surface area contributed by atoms with Crippen molar-refractivity contribution in [2.45, 2.75) is 36.8 Å². The number of carbonyl (C=O) groups excluding carboxylic acids is 1. The predicted molar refractivity (Wildman–Crippen MR) is 70.6 cm³/mol. The average Bonchev–Trinajstić information content (AvgIpc) is 2.89. The van der Waals surface area contributed by atoms with E-state index in [1.807, 2.05) is 6.92 Å². The van der Waals surface area contributed by atoms with E-state index in [0.29, 0.717) is 13.2 Å². The maximum Gasteiger partial charge on any atom is 0.287 e. The Kier molecular flexibility index (Phi) is 4.17. The molecule has 0 radical (unpaired) electrons. The van der Waals surface area contributed by atoms with Crippen LogP contribution in [-0.2, 0) is 14.8 Å². The van der Waals surface area contributed by atoms with Crippen molar-refractivity contribution in [3.8, 4) is 0 Å². The number of nitrogens with two attached hydrogens (primary N) is 1. The van der Waals surface area contributed by atoms with Gasteiger partial charge in [-0.3, -0.25) is 4.79 Å². The molecule has 1 aromatic heterocycles. The number of rotatable bonds is 4. The Labute approximate surface area is 117 Å². The maximum absolute atomic E-state index is 12.1. The van der Waals surface area contributed by atoms with E-state index in [4.69, 9.17) is 14.3 Å². The van der Waals surface area contributed by atoms with E-state index in [0.717, 1.165) is 19.3 Å². The second-order valence-corrected chi connectivity index (χ2v) is 6.36. The first-order chi connectivity index (χ1) is 9.36. The molecule has 0 aromatic carbocycles. The van der Waals surface area contributed by atoms with Gasteiger partial charge in [-0.2, -0.15) is 0 Å². The summed E-state index contributed by atoms with van der Waals surface area (Å²) in [6.07, 6.45) is 2.21. The van der Waals surface area contributed by atoms with E-state index in [2.05, 4.69) is 5.32 Å². The van der Waals surface area contributed by atoms with Crippen LogP contribution >= 0.6 is 0 Å². The quantitative estimate of drug-likeness (QED) is 0.846. The van der Waals surface area contributed by atoms with Crippen molar-refractivity contribution in [3.05, 3.63) is 17.9 Å². The standard InChI is InChI=1S/C12H18N2O5S/c1-2-12(5-7-18-8-6-12)14-11(15)9-3-4-10(19-9)20(13,16)17/h3-4H,2,5-8H2,1H3,(H,14,15)(H2,13,16,17). The molecule has 2 heterocycles. The molecule has 1 fully saturated rings. The van der Waals surface area contributed by atoms with Gasteiger partial charge in [-0.05, 0) is 31.4 Å². The molecule has 1 amide bonds. The van der Waals surface area contributed by atoms with Gasteiger partial charge in [0, 0.05) is 18.8 Å². The Balaban J connectivity index is 2.13. The topological polar surface area (TPSA) is 112 Å². The highest BCUT2D eigenvalue weighted by atomic mass is 32.2. The van der Waals surface area contributed by atoms with E-state index in [-0.39, 0.29) is 11.3 Å². The zero-order valence-electron chi connectivity index (χ0n) is 11.2.